The van der Waals surface area contributed by atoms with Gasteiger partial charge in [0.1, 0.15) is 12.6 Å². The Hall–Kier alpha value is -2.90. The van der Waals surface area contributed by atoms with Crippen LogP contribution in [0.3, 0.4) is 0 Å². The average Bonchev–Trinajstić information content (AvgIpc) is 2.61. The minimum Gasteiger partial charge on any atom is -0.337 e. The van der Waals surface area contributed by atoms with Crippen molar-refractivity contribution in [2.24, 2.45) is 0 Å². The Morgan fingerprint density at radius 1 is 1.16 bits per heavy atom. The summed E-state index contributed by atoms with van der Waals surface area (Å²) in [7, 11) is 0. The van der Waals surface area contributed by atoms with Crippen molar-refractivity contribution < 1.29 is 19.2 Å². The van der Waals surface area contributed by atoms with Gasteiger partial charge in [0.05, 0.1) is 0 Å². The number of nitrogens with zero attached hydrogens (tertiary/aromatic N) is 3. The van der Waals surface area contributed by atoms with Gasteiger partial charge in [-0.3, -0.25) is 19.3 Å². The molecule has 2 aliphatic rings. The van der Waals surface area contributed by atoms with E-state index in [2.05, 4.69) is 5.32 Å². The summed E-state index contributed by atoms with van der Waals surface area (Å²) in [6.07, 6.45) is 0.176. The van der Waals surface area contributed by atoms with Gasteiger partial charge >= 0.3 is 6.03 Å². The van der Waals surface area contributed by atoms with Crippen molar-refractivity contribution in [3.05, 3.63) is 30.3 Å². The standard InChI is InChI=1S/C17H20N4O4/c1-12-16(24)20(13-5-3-2-4-6-13)10-9-19(12)15(23)11-21-14(22)7-8-18-17(21)25/h2-6,12H,7-11H2,1H3,(H,18,25). The SMILES string of the molecule is CC1C(=O)N(c2ccccc2)CCN1C(=O)CN1C(=O)CCNC1=O. The Bertz CT molecular complexity index is 690. The van der Waals surface area contributed by atoms with Crippen LogP contribution in [-0.2, 0) is 14.4 Å². The average molecular weight is 344 g/mol. The van der Waals surface area contributed by atoms with E-state index >= 15 is 0 Å². The summed E-state index contributed by atoms with van der Waals surface area (Å²) in [5.74, 6) is -0.960. The number of carbonyl (C=O) groups is 4. The van der Waals surface area contributed by atoms with E-state index in [0.717, 1.165) is 10.6 Å². The molecular formula is C17H20N4O4. The van der Waals surface area contributed by atoms with Crippen LogP contribution in [0.1, 0.15) is 13.3 Å². The number of piperazine rings is 1. The number of amides is 5. The van der Waals surface area contributed by atoms with Gasteiger partial charge in [-0.15, -0.1) is 0 Å². The van der Waals surface area contributed by atoms with Crippen LogP contribution >= 0.6 is 0 Å². The van der Waals surface area contributed by atoms with Gasteiger partial charge in [0.25, 0.3) is 0 Å². The van der Waals surface area contributed by atoms with Crippen LogP contribution in [0.15, 0.2) is 30.3 Å². The fourth-order valence-electron chi connectivity index (χ4n) is 3.08. The first-order chi connectivity index (χ1) is 12.0. The molecule has 2 fully saturated rings. The second-order valence-corrected chi connectivity index (χ2v) is 6.05. The highest BCUT2D eigenvalue weighted by Crippen LogP contribution is 2.20. The summed E-state index contributed by atoms with van der Waals surface area (Å²) in [6.45, 7) is 2.33. The molecule has 132 valence electrons. The Morgan fingerprint density at radius 3 is 2.56 bits per heavy atom. The van der Waals surface area contributed by atoms with Crippen molar-refractivity contribution in [1.29, 1.82) is 0 Å². The number of anilines is 1. The molecule has 0 aromatic heterocycles. The number of nitrogens with one attached hydrogen (secondary N) is 1. The second-order valence-electron chi connectivity index (χ2n) is 6.05. The number of carbonyl (C=O) groups excluding carboxylic acids is 4. The minimum absolute atomic E-state index is 0.176. The third kappa shape index (κ3) is 3.33. The van der Waals surface area contributed by atoms with Gasteiger partial charge in [0.2, 0.25) is 17.7 Å². The number of rotatable bonds is 3. The van der Waals surface area contributed by atoms with Crippen LogP contribution in [0.25, 0.3) is 0 Å². The second kappa shape index (κ2) is 6.92. The number of imide groups is 1. The van der Waals surface area contributed by atoms with E-state index in [4.69, 9.17) is 0 Å². The van der Waals surface area contributed by atoms with E-state index in [0.29, 0.717) is 13.1 Å². The molecule has 2 aliphatic heterocycles. The maximum absolute atomic E-state index is 12.6. The number of hydrogen-bond acceptors (Lipinski definition) is 4. The zero-order valence-corrected chi connectivity index (χ0v) is 14.0. The largest absolute Gasteiger partial charge is 0.337 e. The van der Waals surface area contributed by atoms with Crippen molar-refractivity contribution >= 4 is 29.4 Å². The fourth-order valence-corrected chi connectivity index (χ4v) is 3.08. The summed E-state index contributed by atoms with van der Waals surface area (Å²) < 4.78 is 0. The molecule has 0 radical (unpaired) electrons. The summed E-state index contributed by atoms with van der Waals surface area (Å²) in [5, 5.41) is 2.54. The number of urea groups is 1. The first kappa shape index (κ1) is 16.9. The molecule has 8 heteroatoms. The van der Waals surface area contributed by atoms with Crippen LogP contribution < -0.4 is 10.2 Å². The Labute approximate surface area is 145 Å². The topological polar surface area (TPSA) is 90.0 Å². The van der Waals surface area contributed by atoms with E-state index in [1.54, 1.807) is 11.8 Å². The van der Waals surface area contributed by atoms with Crippen LogP contribution in [0.2, 0.25) is 0 Å². The van der Waals surface area contributed by atoms with Crippen LogP contribution in [-0.4, -0.2) is 65.8 Å². The fraction of sp³-hybridized carbons (Fsp3) is 0.412. The molecule has 1 atom stereocenters. The van der Waals surface area contributed by atoms with Crippen LogP contribution in [0.4, 0.5) is 10.5 Å². The third-order valence-electron chi connectivity index (χ3n) is 4.50. The molecule has 2 saturated heterocycles. The molecule has 8 nitrogen and oxygen atoms in total. The molecule has 1 aromatic rings. The molecule has 0 bridgehead atoms. The van der Waals surface area contributed by atoms with Crippen LogP contribution in [0.5, 0.6) is 0 Å². The predicted molar refractivity (Wildman–Crippen MR) is 89.7 cm³/mol. The van der Waals surface area contributed by atoms with E-state index in [-0.39, 0.29) is 31.3 Å². The zero-order valence-electron chi connectivity index (χ0n) is 14.0. The van der Waals surface area contributed by atoms with Crippen molar-refractivity contribution in [2.45, 2.75) is 19.4 Å². The molecule has 1 aromatic carbocycles. The van der Waals surface area contributed by atoms with Crippen molar-refractivity contribution in [3.8, 4) is 0 Å². The van der Waals surface area contributed by atoms with Crippen molar-refractivity contribution in [2.75, 3.05) is 31.1 Å². The predicted octanol–water partition coefficient (Wildman–Crippen LogP) is 0.192. The molecule has 1 unspecified atom stereocenters. The quantitative estimate of drug-likeness (QED) is 0.848. The number of hydrogen-bond donors (Lipinski definition) is 1. The molecule has 5 amide bonds. The van der Waals surface area contributed by atoms with Gasteiger partial charge in [0, 0.05) is 31.7 Å². The molecule has 25 heavy (non-hydrogen) atoms. The molecule has 2 heterocycles. The van der Waals surface area contributed by atoms with Gasteiger partial charge < -0.3 is 15.1 Å². The van der Waals surface area contributed by atoms with Gasteiger partial charge in [-0.25, -0.2) is 4.79 Å². The van der Waals surface area contributed by atoms with E-state index in [1.165, 1.54) is 4.90 Å². The van der Waals surface area contributed by atoms with E-state index < -0.39 is 18.0 Å². The van der Waals surface area contributed by atoms with Crippen LogP contribution in [0, 0.1) is 0 Å². The first-order valence-corrected chi connectivity index (χ1v) is 8.23. The minimum atomic E-state index is -0.649. The van der Waals surface area contributed by atoms with E-state index in [9.17, 15) is 19.2 Å². The summed E-state index contributed by atoms with van der Waals surface area (Å²) in [6, 6.07) is 8.06. The lowest BCUT2D eigenvalue weighted by atomic mass is 10.1. The van der Waals surface area contributed by atoms with Gasteiger partial charge in [-0.05, 0) is 19.1 Å². The Morgan fingerprint density at radius 2 is 1.88 bits per heavy atom. The molecule has 1 N–H and O–H groups in total. The zero-order chi connectivity index (χ0) is 18.0. The lowest BCUT2D eigenvalue weighted by Gasteiger charge is -2.40. The highest BCUT2D eigenvalue weighted by atomic mass is 16.2. The Kier molecular flexibility index (Phi) is 4.69. The number of para-hydroxylation sites is 1. The van der Waals surface area contributed by atoms with Gasteiger partial charge in [-0.2, -0.15) is 0 Å². The smallest absolute Gasteiger partial charge is 0.324 e. The third-order valence-corrected chi connectivity index (χ3v) is 4.50. The summed E-state index contributed by atoms with van der Waals surface area (Å²) in [5.41, 5.74) is 0.789. The summed E-state index contributed by atoms with van der Waals surface area (Å²) in [4.78, 5) is 52.7. The maximum Gasteiger partial charge on any atom is 0.324 e. The highest BCUT2D eigenvalue weighted by molar-refractivity contribution is 6.03. The Balaban J connectivity index is 1.68. The van der Waals surface area contributed by atoms with E-state index in [1.807, 2.05) is 30.3 Å². The number of benzene rings is 1. The maximum atomic E-state index is 12.6. The van der Waals surface area contributed by atoms with Gasteiger partial charge in [0.15, 0.2) is 0 Å². The van der Waals surface area contributed by atoms with Crippen molar-refractivity contribution in [1.82, 2.24) is 15.1 Å². The van der Waals surface area contributed by atoms with Crippen molar-refractivity contribution in [3.63, 3.8) is 0 Å². The molecule has 0 aliphatic carbocycles. The lowest BCUT2D eigenvalue weighted by Crippen LogP contribution is -2.60. The lowest BCUT2D eigenvalue weighted by molar-refractivity contribution is -0.144. The highest BCUT2D eigenvalue weighted by Gasteiger charge is 2.37. The molecule has 0 spiro atoms. The normalized spacial score (nSPS) is 21.4. The molecule has 3 rings (SSSR count). The summed E-state index contributed by atoms with van der Waals surface area (Å²) >= 11 is 0. The molecular weight excluding hydrogens is 324 g/mol. The molecule has 0 saturated carbocycles. The van der Waals surface area contributed by atoms with Gasteiger partial charge in [-0.1, -0.05) is 18.2 Å². The first-order valence-electron chi connectivity index (χ1n) is 8.23. The monoisotopic (exact) mass is 344 g/mol.